The Morgan fingerprint density at radius 3 is 2.64 bits per heavy atom. The van der Waals surface area contributed by atoms with Crippen LogP contribution in [0, 0.1) is 0 Å². The van der Waals surface area contributed by atoms with Gasteiger partial charge in [0.15, 0.2) is 0 Å². The van der Waals surface area contributed by atoms with Crippen molar-refractivity contribution in [2.24, 2.45) is 0 Å². The molecule has 5 heteroatoms. The third-order valence-corrected chi connectivity index (χ3v) is 2.68. The number of hydrogen-bond donors (Lipinski definition) is 2. The van der Waals surface area contributed by atoms with E-state index in [1.807, 2.05) is 6.92 Å². The molecule has 1 heterocycles. The maximum Gasteiger partial charge on any atom is 0.320 e. The third kappa shape index (κ3) is 2.23. The molecule has 0 saturated carbocycles. The molecule has 0 aromatic heterocycles. The first-order valence-corrected chi connectivity index (χ1v) is 4.77. The number of carbonyl (C=O) groups is 1. The molecule has 0 unspecified atom stereocenters. The van der Waals surface area contributed by atoms with Crippen LogP contribution in [0.2, 0.25) is 0 Å². The van der Waals surface area contributed by atoms with Gasteiger partial charge < -0.3 is 14.9 Å². The molecule has 1 fully saturated rings. The van der Waals surface area contributed by atoms with Crippen LogP contribution < -0.4 is 0 Å². The second kappa shape index (κ2) is 4.72. The van der Waals surface area contributed by atoms with Crippen molar-refractivity contribution in [3.63, 3.8) is 0 Å². The Morgan fingerprint density at radius 2 is 2.29 bits per heavy atom. The lowest BCUT2D eigenvalue weighted by atomic mass is 10.2. The van der Waals surface area contributed by atoms with Gasteiger partial charge in [0.05, 0.1) is 12.2 Å². The summed E-state index contributed by atoms with van der Waals surface area (Å²) in [6.45, 7) is 2.69. The minimum absolute atomic E-state index is 0.261. The van der Waals surface area contributed by atoms with Gasteiger partial charge in [0, 0.05) is 20.2 Å². The fourth-order valence-corrected chi connectivity index (χ4v) is 1.86. The lowest BCUT2D eigenvalue weighted by Crippen LogP contribution is -2.40. The van der Waals surface area contributed by atoms with E-state index in [1.165, 1.54) is 7.11 Å². The normalized spacial score (nSPS) is 30.5. The number of hydrogen-bond acceptors (Lipinski definition) is 4. The molecule has 82 valence electrons. The predicted molar refractivity (Wildman–Crippen MR) is 50.1 cm³/mol. The number of likely N-dealkylation sites (tertiary alicyclic amines) is 1. The second-order valence-electron chi connectivity index (χ2n) is 3.56. The van der Waals surface area contributed by atoms with Gasteiger partial charge in [-0.05, 0) is 6.42 Å². The van der Waals surface area contributed by atoms with Gasteiger partial charge in [-0.15, -0.1) is 0 Å². The van der Waals surface area contributed by atoms with Crippen LogP contribution in [0.5, 0.6) is 0 Å². The molecule has 0 spiro atoms. The summed E-state index contributed by atoms with van der Waals surface area (Å²) in [6.07, 6.45) is -0.296. The lowest BCUT2D eigenvalue weighted by molar-refractivity contribution is -0.143. The van der Waals surface area contributed by atoms with Crippen molar-refractivity contribution in [3.05, 3.63) is 0 Å². The van der Waals surface area contributed by atoms with E-state index < -0.39 is 18.1 Å². The number of aliphatic carboxylic acids is 1. The van der Waals surface area contributed by atoms with Gasteiger partial charge in [-0.2, -0.15) is 0 Å². The Kier molecular flexibility index (Phi) is 3.86. The number of aliphatic hydroxyl groups is 1. The summed E-state index contributed by atoms with van der Waals surface area (Å²) < 4.78 is 5.04. The van der Waals surface area contributed by atoms with Gasteiger partial charge in [-0.1, -0.05) is 6.92 Å². The van der Waals surface area contributed by atoms with Crippen LogP contribution in [-0.2, 0) is 9.53 Å². The fourth-order valence-electron chi connectivity index (χ4n) is 1.86. The van der Waals surface area contributed by atoms with E-state index in [0.717, 1.165) is 0 Å². The van der Waals surface area contributed by atoms with E-state index in [1.54, 1.807) is 4.90 Å². The first-order valence-electron chi connectivity index (χ1n) is 4.77. The van der Waals surface area contributed by atoms with Crippen LogP contribution in [0.25, 0.3) is 0 Å². The highest BCUT2D eigenvalue weighted by atomic mass is 16.5. The Labute approximate surface area is 83.3 Å². The van der Waals surface area contributed by atoms with E-state index in [0.29, 0.717) is 19.5 Å². The minimum Gasteiger partial charge on any atom is -0.480 e. The molecule has 1 rings (SSSR count). The largest absolute Gasteiger partial charge is 0.480 e. The van der Waals surface area contributed by atoms with Crippen molar-refractivity contribution in [1.82, 2.24) is 4.90 Å². The Balaban J connectivity index is 2.58. The Hall–Kier alpha value is -0.650. The van der Waals surface area contributed by atoms with Crippen molar-refractivity contribution >= 4 is 5.97 Å². The standard InChI is InChI=1S/C9H17NO4/c1-3-6(9(12)13)10-4-7(11)8(5-10)14-2/h6-8,11H,3-5H2,1-2H3,(H,12,13)/t6-,7+,8+/m1/s1. The molecule has 0 aliphatic carbocycles. The number of carboxylic acid groups (broad SMARTS) is 1. The molecule has 1 aliphatic rings. The van der Waals surface area contributed by atoms with Crippen LogP contribution >= 0.6 is 0 Å². The van der Waals surface area contributed by atoms with Gasteiger partial charge in [-0.3, -0.25) is 9.69 Å². The highest BCUT2D eigenvalue weighted by molar-refractivity contribution is 5.73. The zero-order valence-electron chi connectivity index (χ0n) is 8.51. The smallest absolute Gasteiger partial charge is 0.320 e. The van der Waals surface area contributed by atoms with E-state index in [2.05, 4.69) is 0 Å². The average Bonchev–Trinajstić information content (AvgIpc) is 2.47. The van der Waals surface area contributed by atoms with Crippen molar-refractivity contribution in [2.75, 3.05) is 20.2 Å². The lowest BCUT2D eigenvalue weighted by Gasteiger charge is -2.22. The molecule has 0 bridgehead atoms. The van der Waals surface area contributed by atoms with Gasteiger partial charge in [0.25, 0.3) is 0 Å². The second-order valence-corrected chi connectivity index (χ2v) is 3.56. The van der Waals surface area contributed by atoms with Crippen LogP contribution in [0.3, 0.4) is 0 Å². The first-order chi connectivity index (χ1) is 6.60. The summed E-state index contributed by atoms with van der Waals surface area (Å²) in [5.74, 6) is -0.837. The minimum atomic E-state index is -0.837. The Morgan fingerprint density at radius 1 is 1.64 bits per heavy atom. The van der Waals surface area contributed by atoms with E-state index in [4.69, 9.17) is 9.84 Å². The molecule has 5 nitrogen and oxygen atoms in total. The van der Waals surface area contributed by atoms with Crippen LogP contribution in [0.4, 0.5) is 0 Å². The summed E-state index contributed by atoms with van der Waals surface area (Å²) >= 11 is 0. The van der Waals surface area contributed by atoms with Crippen molar-refractivity contribution in [1.29, 1.82) is 0 Å². The molecule has 1 saturated heterocycles. The van der Waals surface area contributed by atoms with Gasteiger partial charge in [0.2, 0.25) is 0 Å². The van der Waals surface area contributed by atoms with E-state index >= 15 is 0 Å². The topological polar surface area (TPSA) is 70.0 Å². The highest BCUT2D eigenvalue weighted by Crippen LogP contribution is 2.17. The molecule has 2 N–H and O–H groups in total. The third-order valence-electron chi connectivity index (χ3n) is 2.68. The number of rotatable bonds is 4. The fraction of sp³-hybridized carbons (Fsp3) is 0.889. The number of β-amino-alcohol motifs (C(OH)–C–C–N with tert-alkyl or cyclic N) is 1. The predicted octanol–water partition coefficient (Wildman–Crippen LogP) is -0.459. The molecular weight excluding hydrogens is 186 g/mol. The number of nitrogens with zero attached hydrogens (tertiary/aromatic N) is 1. The van der Waals surface area contributed by atoms with E-state index in [-0.39, 0.29) is 6.10 Å². The molecule has 0 amide bonds. The van der Waals surface area contributed by atoms with Crippen LogP contribution in [0.1, 0.15) is 13.3 Å². The van der Waals surface area contributed by atoms with Gasteiger partial charge in [0.1, 0.15) is 6.04 Å². The molecule has 0 radical (unpaired) electrons. The average molecular weight is 203 g/mol. The number of carboxylic acids is 1. The molecule has 0 aromatic rings. The summed E-state index contributed by atoms with van der Waals surface area (Å²) in [6, 6.07) is -0.509. The maximum absolute atomic E-state index is 10.9. The summed E-state index contributed by atoms with van der Waals surface area (Å²) in [7, 11) is 1.53. The van der Waals surface area contributed by atoms with Crippen LogP contribution in [0.15, 0.2) is 0 Å². The maximum atomic E-state index is 10.9. The molecule has 14 heavy (non-hydrogen) atoms. The molecular formula is C9H17NO4. The van der Waals surface area contributed by atoms with Crippen LogP contribution in [-0.4, -0.2) is 59.5 Å². The zero-order chi connectivity index (χ0) is 10.7. The quantitative estimate of drug-likeness (QED) is 0.647. The van der Waals surface area contributed by atoms with Crippen molar-refractivity contribution < 1.29 is 19.7 Å². The monoisotopic (exact) mass is 203 g/mol. The van der Waals surface area contributed by atoms with Gasteiger partial charge in [-0.25, -0.2) is 0 Å². The number of methoxy groups -OCH3 is 1. The van der Waals surface area contributed by atoms with Gasteiger partial charge >= 0.3 is 5.97 Å². The first kappa shape index (κ1) is 11.4. The molecule has 3 atom stereocenters. The Bertz CT molecular complexity index is 209. The van der Waals surface area contributed by atoms with Crippen molar-refractivity contribution in [2.45, 2.75) is 31.6 Å². The SMILES string of the molecule is CC[C@H](C(=O)O)N1C[C@H](OC)[C@@H](O)C1. The highest BCUT2D eigenvalue weighted by Gasteiger charge is 2.36. The summed E-state index contributed by atoms with van der Waals surface area (Å²) in [4.78, 5) is 12.6. The zero-order valence-corrected chi connectivity index (χ0v) is 8.51. The number of ether oxygens (including phenoxy) is 1. The van der Waals surface area contributed by atoms with E-state index in [9.17, 15) is 9.90 Å². The summed E-state index contributed by atoms with van der Waals surface area (Å²) in [5, 5.41) is 18.4. The van der Waals surface area contributed by atoms with Crippen molar-refractivity contribution in [3.8, 4) is 0 Å². The number of aliphatic hydroxyl groups excluding tert-OH is 1. The summed E-state index contributed by atoms with van der Waals surface area (Å²) in [5.41, 5.74) is 0. The molecule has 1 aliphatic heterocycles. The molecule has 0 aromatic carbocycles.